The Labute approximate surface area is 214 Å². The summed E-state index contributed by atoms with van der Waals surface area (Å²) in [5.41, 5.74) is 0.762. The zero-order valence-corrected chi connectivity index (χ0v) is 20.9. The van der Waals surface area contributed by atoms with Gasteiger partial charge in [-0.3, -0.25) is 4.79 Å². The van der Waals surface area contributed by atoms with Crippen molar-refractivity contribution >= 4 is 33.7 Å². The number of nitrogens with zero attached hydrogens (tertiary/aromatic N) is 3. The third-order valence-corrected chi connectivity index (χ3v) is 7.33. The minimum Gasteiger partial charge on any atom is -0.495 e. The number of esters is 1. The molecule has 0 saturated carbocycles. The van der Waals surface area contributed by atoms with E-state index in [1.165, 1.54) is 58.8 Å². The van der Waals surface area contributed by atoms with Crippen LogP contribution in [0.15, 0.2) is 53.4 Å². The molecular weight excluding hydrogens is 505 g/mol. The van der Waals surface area contributed by atoms with Crippen LogP contribution in [0.25, 0.3) is 6.08 Å². The van der Waals surface area contributed by atoms with Crippen molar-refractivity contribution in [2.75, 3.05) is 51.5 Å². The summed E-state index contributed by atoms with van der Waals surface area (Å²) in [6.07, 6.45) is 2.46. The highest BCUT2D eigenvalue weighted by molar-refractivity contribution is 7.89. The van der Waals surface area contributed by atoms with Gasteiger partial charge in [-0.15, -0.1) is 0 Å². The van der Waals surface area contributed by atoms with Crippen molar-refractivity contribution < 1.29 is 36.6 Å². The number of amides is 1. The van der Waals surface area contributed by atoms with Crippen LogP contribution in [0.3, 0.4) is 0 Å². The fourth-order valence-corrected chi connectivity index (χ4v) is 5.13. The average molecular weight is 532 g/mol. The van der Waals surface area contributed by atoms with Gasteiger partial charge in [0.15, 0.2) is 6.61 Å². The Kier molecular flexibility index (Phi) is 9.73. The molecule has 2 aromatic carbocycles. The number of hydrogen-bond acceptors (Lipinski definition) is 8. The van der Waals surface area contributed by atoms with Crippen molar-refractivity contribution in [3.8, 4) is 11.8 Å². The first-order valence-corrected chi connectivity index (χ1v) is 12.7. The zero-order valence-electron chi connectivity index (χ0n) is 20.1. The first kappa shape index (κ1) is 27.8. The number of hydrogen-bond donors (Lipinski definition) is 0. The fourth-order valence-electron chi connectivity index (χ4n) is 3.53. The highest BCUT2D eigenvalue weighted by Crippen LogP contribution is 2.29. The van der Waals surface area contributed by atoms with Gasteiger partial charge in [-0.25, -0.2) is 17.6 Å². The molecule has 10 nitrogen and oxygen atoms in total. The molecule has 0 atom stereocenters. The lowest BCUT2D eigenvalue weighted by Crippen LogP contribution is -2.40. The highest BCUT2D eigenvalue weighted by atomic mass is 32.2. The molecule has 1 saturated heterocycles. The SMILES string of the molecule is COc1ccc(/C=C/C(=O)OCC(=O)N(CCC#N)c2ccc(F)cc2)cc1S(=O)(=O)N1CCOCC1. The number of anilines is 1. The Morgan fingerprint density at radius 3 is 2.54 bits per heavy atom. The van der Waals surface area contributed by atoms with Crippen molar-refractivity contribution in [3.05, 3.63) is 59.9 Å². The molecule has 1 amide bonds. The van der Waals surface area contributed by atoms with Crippen molar-refractivity contribution in [1.82, 2.24) is 4.31 Å². The molecule has 3 rings (SSSR count). The van der Waals surface area contributed by atoms with E-state index in [2.05, 4.69) is 0 Å². The van der Waals surface area contributed by atoms with Crippen LogP contribution in [0.5, 0.6) is 5.75 Å². The van der Waals surface area contributed by atoms with Crippen LogP contribution in [0.4, 0.5) is 10.1 Å². The molecule has 0 spiro atoms. The first-order chi connectivity index (χ1) is 17.8. The van der Waals surface area contributed by atoms with Crippen LogP contribution in [-0.2, 0) is 29.1 Å². The normalized spacial score (nSPS) is 14.2. The van der Waals surface area contributed by atoms with Gasteiger partial charge in [-0.05, 0) is 48.0 Å². The number of sulfonamides is 1. The van der Waals surface area contributed by atoms with Gasteiger partial charge in [-0.2, -0.15) is 9.57 Å². The van der Waals surface area contributed by atoms with E-state index in [-0.39, 0.29) is 36.7 Å². The maximum Gasteiger partial charge on any atom is 0.331 e. The predicted molar refractivity (Wildman–Crippen MR) is 132 cm³/mol. The van der Waals surface area contributed by atoms with Gasteiger partial charge in [0.05, 0.1) is 32.8 Å². The predicted octanol–water partition coefficient (Wildman–Crippen LogP) is 2.36. The second-order valence-electron chi connectivity index (χ2n) is 7.80. The first-order valence-electron chi connectivity index (χ1n) is 11.3. The van der Waals surface area contributed by atoms with E-state index in [9.17, 15) is 22.4 Å². The Balaban J connectivity index is 1.68. The highest BCUT2D eigenvalue weighted by Gasteiger charge is 2.29. The third-order valence-electron chi connectivity index (χ3n) is 5.41. The molecule has 196 valence electrons. The number of nitriles is 1. The van der Waals surface area contributed by atoms with E-state index in [4.69, 9.17) is 19.5 Å². The minimum atomic E-state index is -3.85. The Bertz CT molecular complexity index is 1280. The quantitative estimate of drug-likeness (QED) is 0.338. The van der Waals surface area contributed by atoms with Crippen LogP contribution in [0.1, 0.15) is 12.0 Å². The lowest BCUT2D eigenvalue weighted by atomic mass is 10.2. The molecule has 1 heterocycles. The summed E-state index contributed by atoms with van der Waals surface area (Å²) in [4.78, 5) is 26.0. The summed E-state index contributed by atoms with van der Waals surface area (Å²) in [5, 5.41) is 8.86. The van der Waals surface area contributed by atoms with Gasteiger partial charge in [0.1, 0.15) is 16.5 Å². The van der Waals surface area contributed by atoms with E-state index in [0.29, 0.717) is 24.5 Å². The maximum absolute atomic E-state index is 13.2. The molecule has 1 aliphatic heterocycles. The van der Waals surface area contributed by atoms with Gasteiger partial charge < -0.3 is 19.1 Å². The molecule has 0 N–H and O–H groups in total. The smallest absolute Gasteiger partial charge is 0.331 e. The number of halogens is 1. The van der Waals surface area contributed by atoms with E-state index >= 15 is 0 Å². The van der Waals surface area contributed by atoms with Crippen molar-refractivity contribution in [2.45, 2.75) is 11.3 Å². The van der Waals surface area contributed by atoms with Crippen molar-refractivity contribution in [3.63, 3.8) is 0 Å². The summed E-state index contributed by atoms with van der Waals surface area (Å²) in [6.45, 7) is 0.456. The zero-order chi connectivity index (χ0) is 26.8. The molecule has 0 aliphatic carbocycles. The maximum atomic E-state index is 13.2. The molecule has 0 radical (unpaired) electrons. The molecule has 12 heteroatoms. The third kappa shape index (κ3) is 7.36. The van der Waals surface area contributed by atoms with Crippen LogP contribution in [0, 0.1) is 17.1 Å². The van der Waals surface area contributed by atoms with E-state index < -0.39 is 34.3 Å². The number of carbonyl (C=O) groups is 2. The topological polar surface area (TPSA) is 126 Å². The molecular formula is C25H26FN3O7S. The average Bonchev–Trinajstić information content (AvgIpc) is 2.92. The molecule has 0 bridgehead atoms. The van der Waals surface area contributed by atoms with Crippen LogP contribution < -0.4 is 9.64 Å². The molecule has 0 aromatic heterocycles. The number of morpholine rings is 1. The van der Waals surface area contributed by atoms with E-state index in [0.717, 1.165) is 6.08 Å². The fraction of sp³-hybridized carbons (Fsp3) is 0.320. The summed E-state index contributed by atoms with van der Waals surface area (Å²) in [5.74, 6) is -1.74. The summed E-state index contributed by atoms with van der Waals surface area (Å²) in [7, 11) is -2.49. The second-order valence-corrected chi connectivity index (χ2v) is 9.70. The lowest BCUT2D eigenvalue weighted by molar-refractivity contribution is -0.142. The molecule has 37 heavy (non-hydrogen) atoms. The minimum absolute atomic E-state index is 0.0319. The van der Waals surface area contributed by atoms with Gasteiger partial charge in [0.2, 0.25) is 10.0 Å². The van der Waals surface area contributed by atoms with Crippen LogP contribution >= 0.6 is 0 Å². The van der Waals surface area contributed by atoms with Crippen molar-refractivity contribution in [2.24, 2.45) is 0 Å². The van der Waals surface area contributed by atoms with Gasteiger partial charge >= 0.3 is 5.97 Å². The number of ether oxygens (including phenoxy) is 3. The Hall–Kier alpha value is -3.79. The number of benzene rings is 2. The Morgan fingerprint density at radius 1 is 1.19 bits per heavy atom. The van der Waals surface area contributed by atoms with Gasteiger partial charge in [-0.1, -0.05) is 6.07 Å². The summed E-state index contributed by atoms with van der Waals surface area (Å²) >= 11 is 0. The Morgan fingerprint density at radius 2 is 1.89 bits per heavy atom. The second kappa shape index (κ2) is 13.0. The van der Waals surface area contributed by atoms with Crippen molar-refractivity contribution in [1.29, 1.82) is 5.26 Å². The molecule has 0 unspecified atom stereocenters. The largest absolute Gasteiger partial charge is 0.495 e. The molecule has 1 fully saturated rings. The molecule has 1 aliphatic rings. The van der Waals surface area contributed by atoms with Crippen LogP contribution in [0.2, 0.25) is 0 Å². The summed E-state index contributed by atoms with van der Waals surface area (Å²) in [6, 6.07) is 11.5. The van der Waals surface area contributed by atoms with Gasteiger partial charge in [0, 0.05) is 31.4 Å². The summed E-state index contributed by atoms with van der Waals surface area (Å²) < 4.78 is 56.2. The molecule has 2 aromatic rings. The standard InChI is InChI=1S/C25H26FN3O7S/c1-34-22-9-3-19(17-23(22)37(32,33)28-13-15-35-16-14-28)4-10-25(31)36-18-24(30)29(12-2-11-27)21-7-5-20(26)6-8-21/h3-10,17H,2,12-16,18H2,1H3/b10-4+. The number of rotatable bonds is 10. The van der Waals surface area contributed by atoms with Gasteiger partial charge in [0.25, 0.3) is 5.91 Å². The number of methoxy groups -OCH3 is 1. The monoisotopic (exact) mass is 531 g/mol. The number of carbonyl (C=O) groups excluding carboxylic acids is 2. The lowest BCUT2D eigenvalue weighted by Gasteiger charge is -2.26. The van der Waals surface area contributed by atoms with E-state index in [1.54, 1.807) is 6.07 Å². The van der Waals surface area contributed by atoms with Crippen LogP contribution in [-0.4, -0.2) is 71.2 Å². The van der Waals surface area contributed by atoms with E-state index in [1.807, 2.05) is 6.07 Å².